The molecule has 0 spiro atoms. The summed E-state index contributed by atoms with van der Waals surface area (Å²) < 4.78 is 0.721. The van der Waals surface area contributed by atoms with E-state index in [1.165, 1.54) is 6.07 Å². The predicted molar refractivity (Wildman–Crippen MR) is 60.7 cm³/mol. The second-order valence-electron chi connectivity index (χ2n) is 3.27. The molecule has 0 aliphatic heterocycles. The van der Waals surface area contributed by atoms with Crippen molar-refractivity contribution in [3.05, 3.63) is 28.2 Å². The summed E-state index contributed by atoms with van der Waals surface area (Å²) in [6.45, 7) is 0.261. The molecule has 1 aromatic rings. The Hall–Kier alpha value is -0.620. The minimum atomic E-state index is -1.09. The van der Waals surface area contributed by atoms with E-state index in [2.05, 4.69) is 21.2 Å². The van der Waals surface area contributed by atoms with Crippen molar-refractivity contribution >= 4 is 15.9 Å². The number of rotatable bonds is 4. The van der Waals surface area contributed by atoms with Gasteiger partial charge in [-0.05, 0) is 19.2 Å². The van der Waals surface area contributed by atoms with Gasteiger partial charge >= 0.3 is 0 Å². The number of hydrogen-bond acceptors (Lipinski definition) is 4. The van der Waals surface area contributed by atoms with Crippen LogP contribution in [-0.2, 0) is 0 Å². The zero-order chi connectivity index (χ0) is 11.4. The van der Waals surface area contributed by atoms with Gasteiger partial charge in [0.25, 0.3) is 0 Å². The Morgan fingerprint density at radius 2 is 2.07 bits per heavy atom. The molecule has 2 unspecified atom stereocenters. The number of aliphatic hydroxyl groups is 2. The fourth-order valence-electron chi connectivity index (χ4n) is 1.29. The lowest BCUT2D eigenvalue weighted by molar-refractivity contribution is 0.0189. The zero-order valence-corrected chi connectivity index (χ0v) is 9.90. The molecule has 0 amide bonds. The smallest absolute Gasteiger partial charge is 0.122 e. The molecule has 4 nitrogen and oxygen atoms in total. The van der Waals surface area contributed by atoms with Crippen LogP contribution < -0.4 is 5.32 Å². The van der Waals surface area contributed by atoms with Gasteiger partial charge in [-0.3, -0.25) is 0 Å². The van der Waals surface area contributed by atoms with Gasteiger partial charge < -0.3 is 20.6 Å². The van der Waals surface area contributed by atoms with Crippen molar-refractivity contribution in [1.82, 2.24) is 5.32 Å². The van der Waals surface area contributed by atoms with E-state index in [4.69, 9.17) is 0 Å². The van der Waals surface area contributed by atoms with Crippen LogP contribution in [-0.4, -0.2) is 35.0 Å². The molecule has 0 bridgehead atoms. The highest BCUT2D eigenvalue weighted by Crippen LogP contribution is 2.29. The lowest BCUT2D eigenvalue weighted by Gasteiger charge is -2.18. The minimum absolute atomic E-state index is 0.0352. The van der Waals surface area contributed by atoms with Crippen molar-refractivity contribution in [2.75, 3.05) is 13.6 Å². The Bertz CT molecular complexity index is 332. The highest BCUT2D eigenvalue weighted by Gasteiger charge is 2.20. The van der Waals surface area contributed by atoms with E-state index in [-0.39, 0.29) is 12.3 Å². The van der Waals surface area contributed by atoms with Gasteiger partial charge in [0.15, 0.2) is 0 Å². The van der Waals surface area contributed by atoms with Crippen molar-refractivity contribution in [2.24, 2.45) is 0 Å². The number of halogens is 1. The number of phenolic OH excluding ortho intramolecular Hbond substituents is 1. The summed E-state index contributed by atoms with van der Waals surface area (Å²) in [7, 11) is 1.68. The lowest BCUT2D eigenvalue weighted by atomic mass is 10.0. The van der Waals surface area contributed by atoms with E-state index in [9.17, 15) is 15.3 Å². The summed E-state index contributed by atoms with van der Waals surface area (Å²) in [4.78, 5) is 0. The van der Waals surface area contributed by atoms with Crippen molar-refractivity contribution in [2.45, 2.75) is 12.2 Å². The first-order valence-electron chi connectivity index (χ1n) is 4.55. The summed E-state index contributed by atoms with van der Waals surface area (Å²) in [5, 5.41) is 31.6. The van der Waals surface area contributed by atoms with Gasteiger partial charge in [0.05, 0.1) is 6.10 Å². The third kappa shape index (κ3) is 3.17. The van der Waals surface area contributed by atoms with E-state index in [0.29, 0.717) is 5.56 Å². The average molecular weight is 276 g/mol. The maximum absolute atomic E-state index is 9.73. The van der Waals surface area contributed by atoms with Crippen LogP contribution in [0.5, 0.6) is 5.75 Å². The molecule has 1 aromatic carbocycles. The minimum Gasteiger partial charge on any atom is -0.508 e. The van der Waals surface area contributed by atoms with Crippen LogP contribution >= 0.6 is 15.9 Å². The van der Waals surface area contributed by atoms with Crippen LogP contribution in [0.1, 0.15) is 11.7 Å². The maximum Gasteiger partial charge on any atom is 0.122 e. The standard InChI is InChI=1S/C10H14BrNO3/c1-12-5-9(14)10(15)7-3-2-6(11)4-8(7)13/h2-4,9-10,12-15H,5H2,1H3. The molecule has 0 saturated heterocycles. The highest BCUT2D eigenvalue weighted by molar-refractivity contribution is 9.10. The zero-order valence-electron chi connectivity index (χ0n) is 8.31. The summed E-state index contributed by atoms with van der Waals surface area (Å²) in [5.74, 6) is -0.0352. The van der Waals surface area contributed by atoms with E-state index in [1.54, 1.807) is 19.2 Å². The molecular formula is C10H14BrNO3. The molecule has 0 heterocycles. The van der Waals surface area contributed by atoms with Crippen LogP contribution in [0.4, 0.5) is 0 Å². The Labute approximate surface area is 96.7 Å². The molecule has 0 aliphatic carbocycles. The summed E-state index contributed by atoms with van der Waals surface area (Å²) in [5.41, 5.74) is 0.320. The van der Waals surface area contributed by atoms with Crippen LogP contribution in [0.2, 0.25) is 0 Å². The van der Waals surface area contributed by atoms with Crippen LogP contribution in [0.25, 0.3) is 0 Å². The normalized spacial score (nSPS) is 14.9. The van der Waals surface area contributed by atoms with Crippen LogP contribution in [0.3, 0.4) is 0 Å². The van der Waals surface area contributed by atoms with Gasteiger partial charge in [0.1, 0.15) is 11.9 Å². The fraction of sp³-hybridized carbons (Fsp3) is 0.400. The van der Waals surface area contributed by atoms with Gasteiger partial charge in [-0.15, -0.1) is 0 Å². The van der Waals surface area contributed by atoms with Crippen molar-refractivity contribution in [1.29, 1.82) is 0 Å². The Morgan fingerprint density at radius 1 is 1.40 bits per heavy atom. The number of aromatic hydroxyl groups is 1. The van der Waals surface area contributed by atoms with Crippen molar-refractivity contribution in [3.8, 4) is 5.75 Å². The Balaban J connectivity index is 2.86. The van der Waals surface area contributed by atoms with E-state index in [0.717, 1.165) is 4.47 Å². The molecule has 0 saturated carbocycles. The van der Waals surface area contributed by atoms with Crippen molar-refractivity contribution < 1.29 is 15.3 Å². The van der Waals surface area contributed by atoms with E-state index in [1.807, 2.05) is 0 Å². The molecular weight excluding hydrogens is 262 g/mol. The third-order valence-corrected chi connectivity index (χ3v) is 2.58. The lowest BCUT2D eigenvalue weighted by Crippen LogP contribution is -2.29. The van der Waals surface area contributed by atoms with Gasteiger partial charge in [0, 0.05) is 16.6 Å². The van der Waals surface area contributed by atoms with E-state index < -0.39 is 12.2 Å². The average Bonchev–Trinajstić information content (AvgIpc) is 2.17. The summed E-state index contributed by atoms with van der Waals surface area (Å²) in [6, 6.07) is 4.75. The predicted octanol–water partition coefficient (Wildman–Crippen LogP) is 0.768. The molecule has 0 aliphatic rings. The summed E-state index contributed by atoms with van der Waals surface area (Å²) >= 11 is 3.20. The van der Waals surface area contributed by atoms with Crippen LogP contribution in [0, 0.1) is 0 Å². The SMILES string of the molecule is CNCC(O)C(O)c1ccc(Br)cc1O. The van der Waals surface area contributed by atoms with Crippen molar-refractivity contribution in [3.63, 3.8) is 0 Å². The fourth-order valence-corrected chi connectivity index (χ4v) is 1.64. The maximum atomic E-state index is 9.73. The number of benzene rings is 1. The Morgan fingerprint density at radius 3 is 2.60 bits per heavy atom. The molecule has 15 heavy (non-hydrogen) atoms. The number of nitrogens with one attached hydrogen (secondary N) is 1. The van der Waals surface area contributed by atoms with E-state index >= 15 is 0 Å². The second kappa shape index (κ2) is 5.46. The van der Waals surface area contributed by atoms with Gasteiger partial charge in [-0.1, -0.05) is 22.0 Å². The van der Waals surface area contributed by atoms with Crippen LogP contribution in [0.15, 0.2) is 22.7 Å². The monoisotopic (exact) mass is 275 g/mol. The molecule has 2 atom stereocenters. The molecule has 84 valence electrons. The molecule has 1 rings (SSSR count). The number of aliphatic hydroxyl groups excluding tert-OH is 2. The largest absolute Gasteiger partial charge is 0.508 e. The number of phenols is 1. The highest BCUT2D eigenvalue weighted by atomic mass is 79.9. The molecule has 0 radical (unpaired) electrons. The second-order valence-corrected chi connectivity index (χ2v) is 4.19. The van der Waals surface area contributed by atoms with Gasteiger partial charge in [0.2, 0.25) is 0 Å². The molecule has 0 aromatic heterocycles. The number of hydrogen-bond donors (Lipinski definition) is 4. The first-order valence-corrected chi connectivity index (χ1v) is 5.34. The molecule has 4 N–H and O–H groups in total. The first-order chi connectivity index (χ1) is 7.06. The van der Waals surface area contributed by atoms with Gasteiger partial charge in [-0.2, -0.15) is 0 Å². The molecule has 5 heteroatoms. The Kier molecular flexibility index (Phi) is 4.53. The quantitative estimate of drug-likeness (QED) is 0.655. The van der Waals surface area contributed by atoms with Gasteiger partial charge in [-0.25, -0.2) is 0 Å². The number of likely N-dealkylation sites (N-methyl/N-ethyl adjacent to an activating group) is 1. The summed E-state index contributed by atoms with van der Waals surface area (Å²) in [6.07, 6.45) is -2.03. The first kappa shape index (κ1) is 12.4. The third-order valence-electron chi connectivity index (χ3n) is 2.09. The topological polar surface area (TPSA) is 72.7 Å². The molecule has 0 fully saturated rings.